The van der Waals surface area contributed by atoms with Gasteiger partial charge in [0.25, 0.3) is 0 Å². The van der Waals surface area contributed by atoms with Gasteiger partial charge in [-0.1, -0.05) is 18.2 Å². The number of nitrogens with one attached hydrogen (secondary N) is 2. The molecule has 4 N–H and O–H groups in total. The van der Waals surface area contributed by atoms with Crippen LogP contribution in [0.2, 0.25) is 0 Å². The topological polar surface area (TPSA) is 77.0 Å². The van der Waals surface area contributed by atoms with Gasteiger partial charge in [-0.2, -0.15) is 0 Å². The number of aromatic amines is 2. The van der Waals surface area contributed by atoms with E-state index in [0.717, 1.165) is 27.9 Å². The molecular weight excluding hydrogens is 278 g/mol. The van der Waals surface area contributed by atoms with Gasteiger partial charge < -0.3 is 20.2 Å². The first-order chi connectivity index (χ1) is 10.7. The molecule has 0 spiro atoms. The summed E-state index contributed by atoms with van der Waals surface area (Å²) >= 11 is 0. The van der Waals surface area contributed by atoms with E-state index in [-0.39, 0.29) is 11.8 Å². The third-order valence-electron chi connectivity index (χ3n) is 4.02. The maximum Gasteiger partial charge on any atom is 0.201 e. The van der Waals surface area contributed by atoms with Crippen LogP contribution < -0.4 is 0 Å². The summed E-state index contributed by atoms with van der Waals surface area (Å²) in [5.41, 5.74) is 4.25. The maximum absolute atomic E-state index is 10.4. The van der Waals surface area contributed by atoms with Crippen LogP contribution in [0.5, 0.6) is 11.8 Å². The van der Waals surface area contributed by atoms with Crippen LogP contribution in [-0.2, 0) is 7.05 Å². The van der Waals surface area contributed by atoms with Gasteiger partial charge in [0.05, 0.1) is 17.0 Å². The van der Waals surface area contributed by atoms with E-state index in [1.807, 2.05) is 42.6 Å². The lowest BCUT2D eigenvalue weighted by atomic mass is 10.0. The van der Waals surface area contributed by atoms with Crippen molar-refractivity contribution in [3.8, 4) is 34.3 Å². The number of aromatic nitrogens is 3. The number of fused-ring (bicyclic) bond motifs is 1. The molecule has 0 fully saturated rings. The van der Waals surface area contributed by atoms with E-state index in [1.165, 1.54) is 4.57 Å². The predicted molar refractivity (Wildman–Crippen MR) is 85.8 cm³/mol. The Balaban J connectivity index is 2.11. The molecule has 4 rings (SSSR count). The fraction of sp³-hybridized carbons (Fsp3) is 0.0588. The zero-order valence-electron chi connectivity index (χ0n) is 12.0. The molecule has 0 atom stereocenters. The zero-order valence-corrected chi connectivity index (χ0v) is 12.0. The van der Waals surface area contributed by atoms with E-state index in [1.54, 1.807) is 13.1 Å². The molecule has 110 valence electrons. The normalized spacial score (nSPS) is 11.3. The van der Waals surface area contributed by atoms with E-state index in [2.05, 4.69) is 9.97 Å². The van der Waals surface area contributed by atoms with Gasteiger partial charge >= 0.3 is 0 Å². The molecule has 0 aliphatic carbocycles. The highest BCUT2D eigenvalue weighted by atomic mass is 16.3. The molecule has 0 amide bonds. The highest BCUT2D eigenvalue weighted by Gasteiger charge is 2.21. The summed E-state index contributed by atoms with van der Waals surface area (Å²) in [6.07, 6.45) is 1.85. The first-order valence-electron chi connectivity index (χ1n) is 6.99. The lowest BCUT2D eigenvalue weighted by Crippen LogP contribution is -1.86. The lowest BCUT2D eigenvalue weighted by Gasteiger charge is -2.03. The lowest BCUT2D eigenvalue weighted by molar-refractivity contribution is 0.387. The second-order valence-corrected chi connectivity index (χ2v) is 5.30. The van der Waals surface area contributed by atoms with Crippen molar-refractivity contribution in [3.63, 3.8) is 0 Å². The fourth-order valence-electron chi connectivity index (χ4n) is 2.87. The Morgan fingerprint density at radius 3 is 2.55 bits per heavy atom. The quantitative estimate of drug-likeness (QED) is 0.456. The van der Waals surface area contributed by atoms with Crippen LogP contribution in [0.4, 0.5) is 0 Å². The summed E-state index contributed by atoms with van der Waals surface area (Å²) in [7, 11) is 1.62. The average molecular weight is 293 g/mol. The minimum absolute atomic E-state index is 0.0233. The number of H-pyrrole nitrogens is 2. The molecule has 3 aromatic heterocycles. The van der Waals surface area contributed by atoms with E-state index in [0.29, 0.717) is 5.56 Å². The van der Waals surface area contributed by atoms with Crippen LogP contribution in [0.1, 0.15) is 0 Å². The average Bonchev–Trinajstić information content (AvgIpc) is 3.22. The molecule has 0 aliphatic rings. The van der Waals surface area contributed by atoms with Crippen molar-refractivity contribution in [1.29, 1.82) is 0 Å². The minimum atomic E-state index is 0.0233. The Morgan fingerprint density at radius 1 is 1.05 bits per heavy atom. The molecule has 3 heterocycles. The number of nitrogens with zero attached hydrogens (tertiary/aromatic N) is 1. The molecule has 22 heavy (non-hydrogen) atoms. The van der Waals surface area contributed by atoms with Crippen molar-refractivity contribution in [2.75, 3.05) is 0 Å². The number of benzene rings is 1. The van der Waals surface area contributed by atoms with Gasteiger partial charge in [0, 0.05) is 35.8 Å². The predicted octanol–water partition coefficient (Wildman–Crippen LogP) is 3.58. The number of rotatable bonds is 2. The first-order valence-corrected chi connectivity index (χ1v) is 6.99. The monoisotopic (exact) mass is 293 g/mol. The van der Waals surface area contributed by atoms with Crippen molar-refractivity contribution in [1.82, 2.24) is 14.5 Å². The zero-order chi connectivity index (χ0) is 15.3. The standard InChI is InChI=1S/C17H15N3O2/c1-20-14(21)9-11(17(20)22)15-10-5-2-3-6-12(10)19-16(15)13-7-4-8-18-13/h2-9,18-19,21-22H,1H3. The first kappa shape index (κ1) is 12.6. The summed E-state index contributed by atoms with van der Waals surface area (Å²) in [5, 5.41) is 21.2. The van der Waals surface area contributed by atoms with Crippen molar-refractivity contribution in [2.24, 2.45) is 7.05 Å². The van der Waals surface area contributed by atoms with Gasteiger partial charge in [-0.25, -0.2) is 0 Å². The molecule has 4 aromatic rings. The van der Waals surface area contributed by atoms with Crippen molar-refractivity contribution < 1.29 is 10.2 Å². The van der Waals surface area contributed by atoms with E-state index in [4.69, 9.17) is 0 Å². The Labute approximate surface area is 126 Å². The Hall–Kier alpha value is -3.08. The van der Waals surface area contributed by atoms with Gasteiger partial charge in [-0.3, -0.25) is 4.57 Å². The molecular formula is C17H15N3O2. The van der Waals surface area contributed by atoms with Crippen LogP contribution in [0, 0.1) is 0 Å². The third kappa shape index (κ3) is 1.65. The summed E-state index contributed by atoms with van der Waals surface area (Å²) in [6, 6.07) is 13.4. The molecule has 0 saturated heterocycles. The highest BCUT2D eigenvalue weighted by molar-refractivity contribution is 6.04. The summed E-state index contributed by atoms with van der Waals surface area (Å²) < 4.78 is 1.36. The fourth-order valence-corrected chi connectivity index (χ4v) is 2.87. The second-order valence-electron chi connectivity index (χ2n) is 5.30. The van der Waals surface area contributed by atoms with Gasteiger partial charge in [0.2, 0.25) is 5.88 Å². The summed E-state index contributed by atoms with van der Waals surface area (Å²) in [4.78, 5) is 6.57. The smallest absolute Gasteiger partial charge is 0.201 e. The van der Waals surface area contributed by atoms with Crippen molar-refractivity contribution >= 4 is 10.9 Å². The highest BCUT2D eigenvalue weighted by Crippen LogP contribution is 2.43. The molecule has 1 aromatic carbocycles. The molecule has 0 radical (unpaired) electrons. The minimum Gasteiger partial charge on any atom is -0.494 e. The van der Waals surface area contributed by atoms with Gasteiger partial charge in [0.15, 0.2) is 5.88 Å². The van der Waals surface area contributed by atoms with E-state index in [9.17, 15) is 10.2 Å². The van der Waals surface area contributed by atoms with Crippen molar-refractivity contribution in [3.05, 3.63) is 48.7 Å². The Bertz CT molecular complexity index is 962. The van der Waals surface area contributed by atoms with Crippen LogP contribution in [-0.4, -0.2) is 24.7 Å². The number of aromatic hydroxyl groups is 2. The summed E-state index contributed by atoms with van der Waals surface area (Å²) in [5.74, 6) is 0.0604. The molecule has 5 nitrogen and oxygen atoms in total. The van der Waals surface area contributed by atoms with Crippen LogP contribution in [0.25, 0.3) is 33.4 Å². The Kier molecular flexibility index (Phi) is 2.56. The third-order valence-corrected chi connectivity index (χ3v) is 4.02. The van der Waals surface area contributed by atoms with E-state index >= 15 is 0 Å². The largest absolute Gasteiger partial charge is 0.494 e. The maximum atomic E-state index is 10.4. The molecule has 0 unspecified atom stereocenters. The molecule has 0 bridgehead atoms. The van der Waals surface area contributed by atoms with Crippen LogP contribution in [0.15, 0.2) is 48.7 Å². The number of hydrogen-bond donors (Lipinski definition) is 4. The summed E-state index contributed by atoms with van der Waals surface area (Å²) in [6.45, 7) is 0. The second kappa shape index (κ2) is 4.46. The molecule has 0 aliphatic heterocycles. The van der Waals surface area contributed by atoms with Gasteiger partial charge in [-0.05, 0) is 18.2 Å². The van der Waals surface area contributed by atoms with Crippen LogP contribution in [0.3, 0.4) is 0 Å². The number of hydrogen-bond acceptors (Lipinski definition) is 2. The van der Waals surface area contributed by atoms with Crippen molar-refractivity contribution in [2.45, 2.75) is 0 Å². The Morgan fingerprint density at radius 2 is 1.86 bits per heavy atom. The molecule has 0 saturated carbocycles. The SMILES string of the molecule is Cn1c(O)cc(-c2c(-c3ccc[nH]3)[nH]c3ccccc23)c1O. The van der Waals surface area contributed by atoms with Gasteiger partial charge in [0.1, 0.15) is 0 Å². The van der Waals surface area contributed by atoms with Crippen LogP contribution >= 0.6 is 0 Å². The molecule has 5 heteroatoms. The van der Waals surface area contributed by atoms with Gasteiger partial charge in [-0.15, -0.1) is 0 Å². The van der Waals surface area contributed by atoms with E-state index < -0.39 is 0 Å². The number of para-hydroxylation sites is 1.